The number of phenolic OH excluding ortho intramolecular Hbond substituents is 1. The van der Waals surface area contributed by atoms with Crippen LogP contribution in [-0.4, -0.2) is 5.11 Å². The van der Waals surface area contributed by atoms with E-state index >= 15 is 0 Å². The summed E-state index contributed by atoms with van der Waals surface area (Å²) in [5.74, 6) is -0.995. The maximum absolute atomic E-state index is 13.3. The van der Waals surface area contributed by atoms with Crippen LogP contribution in [0, 0.1) is 9.39 Å². The van der Waals surface area contributed by atoms with Gasteiger partial charge in [-0.05, 0) is 45.9 Å². The lowest BCUT2D eigenvalue weighted by atomic mass is 10.0. The van der Waals surface area contributed by atoms with Crippen molar-refractivity contribution in [3.63, 3.8) is 0 Å². The summed E-state index contributed by atoms with van der Waals surface area (Å²) in [6.07, 6.45) is 0. The fourth-order valence-corrected chi connectivity index (χ4v) is 3.91. The number of aromatic hydroxyl groups is 1. The lowest BCUT2D eigenvalue weighted by Crippen LogP contribution is -1.90. The molecule has 0 heterocycles. The van der Waals surface area contributed by atoms with Crippen LogP contribution in [0.4, 0.5) is 4.39 Å². The average Bonchev–Trinajstić information content (AvgIpc) is 2.36. The molecular formula is C13H8ClFI2O. The highest BCUT2D eigenvalue weighted by Gasteiger charge is 2.12. The molecule has 0 aliphatic rings. The molecule has 0 radical (unpaired) electrons. The van der Waals surface area contributed by atoms with Crippen molar-refractivity contribution < 1.29 is 9.50 Å². The third-order valence-electron chi connectivity index (χ3n) is 2.56. The van der Waals surface area contributed by atoms with Crippen LogP contribution in [0.3, 0.4) is 0 Å². The van der Waals surface area contributed by atoms with Crippen LogP contribution >= 0.6 is 56.8 Å². The Morgan fingerprint density at radius 3 is 2.56 bits per heavy atom. The van der Waals surface area contributed by atoms with Gasteiger partial charge in [-0.2, -0.15) is 0 Å². The summed E-state index contributed by atoms with van der Waals surface area (Å²) in [5.41, 5.74) is 2.59. The van der Waals surface area contributed by atoms with Crippen LogP contribution in [0.25, 0.3) is 11.1 Å². The summed E-state index contributed by atoms with van der Waals surface area (Å²) < 4.78 is 15.2. The molecule has 2 rings (SSSR count). The van der Waals surface area contributed by atoms with E-state index in [4.69, 9.17) is 11.6 Å². The molecule has 0 atom stereocenters. The molecule has 0 unspecified atom stereocenters. The van der Waals surface area contributed by atoms with Gasteiger partial charge >= 0.3 is 0 Å². The first-order chi connectivity index (χ1) is 8.54. The molecule has 1 N–H and O–H groups in total. The number of rotatable bonds is 2. The molecule has 0 fully saturated rings. The van der Waals surface area contributed by atoms with Crippen molar-refractivity contribution >= 4 is 56.8 Å². The second kappa shape index (κ2) is 5.92. The van der Waals surface area contributed by atoms with Crippen LogP contribution in [0.1, 0.15) is 5.56 Å². The number of alkyl halides is 1. The first kappa shape index (κ1) is 14.3. The Bertz CT molecular complexity index is 602. The lowest BCUT2D eigenvalue weighted by molar-refractivity contribution is 0.432. The highest BCUT2D eigenvalue weighted by molar-refractivity contribution is 14.1. The van der Waals surface area contributed by atoms with E-state index in [1.54, 1.807) is 6.07 Å². The molecule has 5 heteroatoms. The van der Waals surface area contributed by atoms with Gasteiger partial charge in [0.2, 0.25) is 0 Å². The van der Waals surface area contributed by atoms with Crippen LogP contribution in [0.2, 0.25) is 5.02 Å². The predicted molar refractivity (Wildman–Crippen MR) is 89.0 cm³/mol. The zero-order valence-corrected chi connectivity index (χ0v) is 14.1. The van der Waals surface area contributed by atoms with E-state index in [9.17, 15) is 9.50 Å². The number of phenols is 1. The molecule has 0 bridgehead atoms. The topological polar surface area (TPSA) is 20.2 Å². The zero-order valence-electron chi connectivity index (χ0n) is 9.05. The Hall–Kier alpha value is -0.0800. The first-order valence-corrected chi connectivity index (χ1v) is 8.04. The molecule has 0 aliphatic carbocycles. The summed E-state index contributed by atoms with van der Waals surface area (Å²) in [5, 5.41) is 9.81. The minimum absolute atomic E-state index is 0.353. The molecule has 0 saturated carbocycles. The molecule has 2 aromatic rings. The van der Waals surface area contributed by atoms with Gasteiger partial charge in [-0.25, -0.2) is 4.39 Å². The monoisotopic (exact) mass is 488 g/mol. The second-order valence-electron chi connectivity index (χ2n) is 3.70. The van der Waals surface area contributed by atoms with Gasteiger partial charge in [0.1, 0.15) is 0 Å². The second-order valence-corrected chi connectivity index (χ2v) is 5.92. The number of halogens is 4. The van der Waals surface area contributed by atoms with Crippen molar-refractivity contribution in [3.8, 4) is 16.9 Å². The van der Waals surface area contributed by atoms with E-state index in [2.05, 4.69) is 45.2 Å². The highest BCUT2D eigenvalue weighted by Crippen LogP contribution is 2.35. The molecule has 0 amide bonds. The van der Waals surface area contributed by atoms with Crippen LogP contribution in [-0.2, 0) is 4.43 Å². The molecule has 94 valence electrons. The predicted octanol–water partition coefficient (Wildman–Crippen LogP) is 5.39. The van der Waals surface area contributed by atoms with Gasteiger partial charge < -0.3 is 5.11 Å². The van der Waals surface area contributed by atoms with Crippen molar-refractivity contribution in [1.82, 2.24) is 0 Å². The van der Waals surface area contributed by atoms with E-state index in [1.807, 2.05) is 12.1 Å². The third-order valence-corrected chi connectivity index (χ3v) is 5.33. The Balaban J connectivity index is 2.57. The Kier molecular flexibility index (Phi) is 4.71. The van der Waals surface area contributed by atoms with E-state index in [0.29, 0.717) is 10.6 Å². The van der Waals surface area contributed by atoms with Crippen molar-refractivity contribution in [2.75, 3.05) is 0 Å². The fraction of sp³-hybridized carbons (Fsp3) is 0.0769. The van der Waals surface area contributed by atoms with E-state index in [0.717, 1.165) is 19.1 Å². The smallest absolute Gasteiger partial charge is 0.165 e. The number of hydrogen-bond donors (Lipinski definition) is 1. The van der Waals surface area contributed by atoms with Crippen molar-refractivity contribution in [1.29, 1.82) is 0 Å². The van der Waals surface area contributed by atoms with E-state index in [-0.39, 0.29) is 5.75 Å². The van der Waals surface area contributed by atoms with Gasteiger partial charge in [0.05, 0.1) is 5.02 Å². The maximum Gasteiger partial charge on any atom is 0.165 e. The quantitative estimate of drug-likeness (QED) is 0.444. The zero-order chi connectivity index (χ0) is 13.3. The van der Waals surface area contributed by atoms with Crippen molar-refractivity contribution in [2.24, 2.45) is 0 Å². The summed E-state index contributed by atoms with van der Waals surface area (Å²) in [7, 11) is 0. The first-order valence-electron chi connectivity index (χ1n) is 5.06. The summed E-state index contributed by atoms with van der Waals surface area (Å²) in [6.45, 7) is 0. The summed E-state index contributed by atoms with van der Waals surface area (Å²) >= 11 is 10.8. The van der Waals surface area contributed by atoms with Crippen LogP contribution < -0.4 is 0 Å². The molecule has 0 aliphatic heterocycles. The molecule has 1 nitrogen and oxygen atoms in total. The van der Waals surface area contributed by atoms with Gasteiger partial charge in [-0.15, -0.1) is 0 Å². The lowest BCUT2D eigenvalue weighted by Gasteiger charge is -2.10. The van der Waals surface area contributed by atoms with Crippen molar-refractivity contribution in [3.05, 3.63) is 50.3 Å². The van der Waals surface area contributed by atoms with Gasteiger partial charge in [0, 0.05) is 13.6 Å². The van der Waals surface area contributed by atoms with Gasteiger partial charge in [-0.3, -0.25) is 0 Å². The molecule has 2 aromatic carbocycles. The Morgan fingerprint density at radius 2 is 1.94 bits per heavy atom. The third kappa shape index (κ3) is 2.75. The van der Waals surface area contributed by atoms with Crippen LogP contribution in [0.5, 0.6) is 5.75 Å². The Morgan fingerprint density at radius 1 is 1.22 bits per heavy atom. The minimum Gasteiger partial charge on any atom is -0.505 e. The van der Waals surface area contributed by atoms with Crippen molar-refractivity contribution in [2.45, 2.75) is 4.43 Å². The van der Waals surface area contributed by atoms with Gasteiger partial charge in [-0.1, -0.05) is 52.4 Å². The molecular weight excluding hydrogens is 480 g/mol. The van der Waals surface area contributed by atoms with Crippen LogP contribution in [0.15, 0.2) is 30.3 Å². The summed E-state index contributed by atoms with van der Waals surface area (Å²) in [6, 6.07) is 8.14. The number of hydrogen-bond acceptors (Lipinski definition) is 1. The average molecular weight is 488 g/mol. The summed E-state index contributed by atoms with van der Waals surface area (Å²) in [4.78, 5) is 0. The maximum atomic E-state index is 13.3. The van der Waals surface area contributed by atoms with E-state index < -0.39 is 5.82 Å². The largest absolute Gasteiger partial charge is 0.505 e. The van der Waals surface area contributed by atoms with Gasteiger partial charge in [0.25, 0.3) is 0 Å². The highest BCUT2D eigenvalue weighted by atomic mass is 127. The number of benzene rings is 2. The molecule has 18 heavy (non-hydrogen) atoms. The van der Waals surface area contributed by atoms with Gasteiger partial charge in [0.15, 0.2) is 11.6 Å². The van der Waals surface area contributed by atoms with E-state index in [1.165, 1.54) is 12.1 Å². The molecule has 0 saturated heterocycles. The minimum atomic E-state index is -0.642. The normalized spacial score (nSPS) is 10.7. The Labute approximate surface area is 137 Å². The molecule has 0 spiro atoms. The fourth-order valence-electron chi connectivity index (χ4n) is 1.59. The standard InChI is InChI=1S/C13H8ClFI2O/c14-12-9(3-1-8(6-16)13(12)17)7-2-4-11(18)10(15)5-7/h1-5,18H,6H2. The molecule has 0 aromatic heterocycles. The SMILES string of the molecule is Oc1ccc(-c2ccc(CI)c(I)c2Cl)cc1F.